The highest BCUT2D eigenvalue weighted by Crippen LogP contribution is 2.31. The van der Waals surface area contributed by atoms with Crippen LogP contribution in [-0.2, 0) is 12.8 Å². The van der Waals surface area contributed by atoms with Gasteiger partial charge in [-0.3, -0.25) is 0 Å². The Balaban J connectivity index is 0.000000771. The molecule has 1 heterocycles. The lowest BCUT2D eigenvalue weighted by Crippen LogP contribution is -2.20. The normalized spacial score (nSPS) is 14.9. The number of ether oxygens (including phenoxy) is 2. The van der Waals surface area contributed by atoms with E-state index in [4.69, 9.17) is 9.47 Å². The summed E-state index contributed by atoms with van der Waals surface area (Å²) in [5.41, 5.74) is 2.78. The molecule has 1 aliphatic rings. The van der Waals surface area contributed by atoms with Crippen LogP contribution in [0.4, 0.5) is 0 Å². The van der Waals surface area contributed by atoms with Gasteiger partial charge in [-0.2, -0.15) is 0 Å². The zero-order valence-corrected chi connectivity index (χ0v) is 12.2. The Morgan fingerprint density at radius 3 is 1.61 bits per heavy atom. The van der Waals surface area contributed by atoms with Gasteiger partial charge >= 0.3 is 0 Å². The van der Waals surface area contributed by atoms with Crippen LogP contribution in [0.3, 0.4) is 0 Å². The molecule has 1 aliphatic heterocycles. The van der Waals surface area contributed by atoms with Gasteiger partial charge in [0.05, 0.1) is 14.2 Å². The van der Waals surface area contributed by atoms with Crippen molar-refractivity contribution in [3.8, 4) is 11.5 Å². The van der Waals surface area contributed by atoms with E-state index in [0.29, 0.717) is 0 Å². The van der Waals surface area contributed by atoms with Crippen molar-refractivity contribution >= 4 is 0 Å². The first-order valence-corrected chi connectivity index (χ1v) is 6.67. The quantitative estimate of drug-likeness (QED) is 0.806. The Labute approximate surface area is 111 Å². The van der Waals surface area contributed by atoms with Crippen LogP contribution in [0.5, 0.6) is 11.5 Å². The first-order chi connectivity index (χ1) is 8.74. The lowest BCUT2D eigenvalue weighted by Gasteiger charge is -2.12. The zero-order chi connectivity index (χ0) is 13.5. The van der Waals surface area contributed by atoms with Gasteiger partial charge in [0.1, 0.15) is 0 Å². The van der Waals surface area contributed by atoms with Gasteiger partial charge in [-0.15, -0.1) is 0 Å². The van der Waals surface area contributed by atoms with Gasteiger partial charge in [-0.25, -0.2) is 0 Å². The van der Waals surface area contributed by atoms with E-state index in [9.17, 15) is 0 Å². The van der Waals surface area contributed by atoms with Gasteiger partial charge in [0.25, 0.3) is 0 Å². The van der Waals surface area contributed by atoms with Gasteiger partial charge in [0.15, 0.2) is 11.5 Å². The van der Waals surface area contributed by atoms with Crippen molar-refractivity contribution in [1.29, 1.82) is 0 Å². The zero-order valence-electron chi connectivity index (χ0n) is 12.2. The molecule has 2 rings (SSSR count). The summed E-state index contributed by atoms with van der Waals surface area (Å²) in [5.74, 6) is 1.68. The maximum atomic E-state index is 5.33. The minimum absolute atomic E-state index is 0.839. The molecule has 0 aromatic heterocycles. The Bertz CT molecular complexity index is 342. The van der Waals surface area contributed by atoms with E-state index in [0.717, 1.165) is 37.4 Å². The van der Waals surface area contributed by atoms with E-state index >= 15 is 0 Å². The first kappa shape index (κ1) is 14.8. The van der Waals surface area contributed by atoms with Crippen LogP contribution >= 0.6 is 0 Å². The van der Waals surface area contributed by atoms with Gasteiger partial charge in [-0.05, 0) is 43.1 Å². The fourth-order valence-corrected chi connectivity index (χ4v) is 2.16. The van der Waals surface area contributed by atoms with Crippen molar-refractivity contribution in [2.24, 2.45) is 0 Å². The van der Waals surface area contributed by atoms with E-state index < -0.39 is 0 Å². The summed E-state index contributed by atoms with van der Waals surface area (Å²) in [6.45, 7) is 6.23. The summed E-state index contributed by atoms with van der Waals surface area (Å²) >= 11 is 0. The average Bonchev–Trinajstić information content (AvgIpc) is 2.61. The lowest BCUT2D eigenvalue weighted by molar-refractivity contribution is 0.352. The molecule has 0 unspecified atom stereocenters. The van der Waals surface area contributed by atoms with Crippen molar-refractivity contribution in [2.75, 3.05) is 34.4 Å². The average molecular weight is 251 g/mol. The molecule has 0 saturated carbocycles. The second-order valence-corrected chi connectivity index (χ2v) is 4.28. The molecule has 0 N–H and O–H groups in total. The molecule has 0 bridgehead atoms. The molecule has 0 spiro atoms. The Morgan fingerprint density at radius 1 is 0.889 bits per heavy atom. The van der Waals surface area contributed by atoms with Gasteiger partial charge < -0.3 is 14.4 Å². The molecule has 0 atom stereocenters. The molecule has 0 radical (unpaired) electrons. The summed E-state index contributed by atoms with van der Waals surface area (Å²) in [5, 5.41) is 0. The number of nitrogens with zero attached hydrogens (tertiary/aromatic N) is 1. The van der Waals surface area contributed by atoms with Crippen LogP contribution in [0, 0.1) is 0 Å². The lowest BCUT2D eigenvalue weighted by atomic mass is 10.0. The molecule has 3 heteroatoms. The minimum atomic E-state index is 0.839. The third-order valence-corrected chi connectivity index (χ3v) is 3.23. The molecule has 0 amide bonds. The molecule has 0 fully saturated rings. The highest BCUT2D eigenvalue weighted by Gasteiger charge is 2.15. The topological polar surface area (TPSA) is 21.7 Å². The SMILES string of the molecule is CC.COc1cc2c(cc1OC)CCN(C)CC2. The van der Waals surface area contributed by atoms with Crippen LogP contribution in [-0.4, -0.2) is 39.3 Å². The largest absolute Gasteiger partial charge is 0.493 e. The van der Waals surface area contributed by atoms with Crippen LogP contribution in [0.1, 0.15) is 25.0 Å². The number of likely N-dealkylation sites (N-methyl/N-ethyl adjacent to an activating group) is 1. The molecular formula is C15H25NO2. The molecule has 1 aromatic carbocycles. The number of fused-ring (bicyclic) bond motifs is 1. The monoisotopic (exact) mass is 251 g/mol. The van der Waals surface area contributed by atoms with Crippen LogP contribution < -0.4 is 9.47 Å². The number of hydrogen-bond acceptors (Lipinski definition) is 3. The van der Waals surface area contributed by atoms with Crippen molar-refractivity contribution in [2.45, 2.75) is 26.7 Å². The van der Waals surface area contributed by atoms with E-state index in [2.05, 4.69) is 24.1 Å². The summed E-state index contributed by atoms with van der Waals surface area (Å²) in [6.07, 6.45) is 2.18. The first-order valence-electron chi connectivity index (χ1n) is 6.67. The van der Waals surface area contributed by atoms with Crippen molar-refractivity contribution in [1.82, 2.24) is 4.90 Å². The molecule has 102 valence electrons. The second kappa shape index (κ2) is 7.27. The smallest absolute Gasteiger partial charge is 0.161 e. The van der Waals surface area contributed by atoms with Crippen LogP contribution in [0.25, 0.3) is 0 Å². The number of methoxy groups -OCH3 is 2. The number of hydrogen-bond donors (Lipinski definition) is 0. The number of benzene rings is 1. The third kappa shape index (κ3) is 3.39. The van der Waals surface area contributed by atoms with Crippen molar-refractivity contribution < 1.29 is 9.47 Å². The van der Waals surface area contributed by atoms with E-state index in [1.165, 1.54) is 11.1 Å². The third-order valence-electron chi connectivity index (χ3n) is 3.23. The van der Waals surface area contributed by atoms with Gasteiger partial charge in [0.2, 0.25) is 0 Å². The minimum Gasteiger partial charge on any atom is -0.493 e. The Hall–Kier alpha value is -1.22. The summed E-state index contributed by atoms with van der Waals surface area (Å²) < 4.78 is 10.7. The molecular weight excluding hydrogens is 226 g/mol. The van der Waals surface area contributed by atoms with E-state index in [1.54, 1.807) is 14.2 Å². The summed E-state index contributed by atoms with van der Waals surface area (Å²) in [4.78, 5) is 2.36. The second-order valence-electron chi connectivity index (χ2n) is 4.28. The van der Waals surface area contributed by atoms with Gasteiger partial charge in [0, 0.05) is 13.1 Å². The molecule has 3 nitrogen and oxygen atoms in total. The van der Waals surface area contributed by atoms with E-state index in [-0.39, 0.29) is 0 Å². The molecule has 1 aromatic rings. The van der Waals surface area contributed by atoms with Gasteiger partial charge in [-0.1, -0.05) is 13.8 Å². The Kier molecular flexibility index (Phi) is 5.99. The Morgan fingerprint density at radius 2 is 1.28 bits per heavy atom. The number of rotatable bonds is 2. The maximum Gasteiger partial charge on any atom is 0.161 e. The van der Waals surface area contributed by atoms with Crippen molar-refractivity contribution in [3.05, 3.63) is 23.3 Å². The van der Waals surface area contributed by atoms with Crippen LogP contribution in [0.15, 0.2) is 12.1 Å². The predicted molar refractivity (Wildman–Crippen MR) is 75.8 cm³/mol. The highest BCUT2D eigenvalue weighted by molar-refractivity contribution is 5.48. The predicted octanol–water partition coefficient (Wildman–Crippen LogP) is 2.76. The van der Waals surface area contributed by atoms with Crippen molar-refractivity contribution in [3.63, 3.8) is 0 Å². The maximum absolute atomic E-state index is 5.33. The molecule has 18 heavy (non-hydrogen) atoms. The van der Waals surface area contributed by atoms with E-state index in [1.807, 2.05) is 13.8 Å². The summed E-state index contributed by atoms with van der Waals surface area (Å²) in [7, 11) is 5.54. The highest BCUT2D eigenvalue weighted by atomic mass is 16.5. The fraction of sp³-hybridized carbons (Fsp3) is 0.600. The molecule has 0 aliphatic carbocycles. The summed E-state index contributed by atoms with van der Waals surface area (Å²) in [6, 6.07) is 4.24. The molecule has 0 saturated heterocycles. The standard InChI is InChI=1S/C13H19NO2.C2H6/c1-14-6-4-10-8-12(15-2)13(16-3)9-11(10)5-7-14;1-2/h8-9H,4-7H2,1-3H3;1-2H3. The van der Waals surface area contributed by atoms with Crippen LogP contribution in [0.2, 0.25) is 0 Å². The fourth-order valence-electron chi connectivity index (χ4n) is 2.16.